The van der Waals surface area contributed by atoms with Crippen molar-refractivity contribution in [3.63, 3.8) is 0 Å². The van der Waals surface area contributed by atoms with Gasteiger partial charge in [0.25, 0.3) is 0 Å². The number of ether oxygens (including phenoxy) is 2. The Hall–Kier alpha value is -1.17. The van der Waals surface area contributed by atoms with Gasteiger partial charge in [-0.3, -0.25) is 4.98 Å². The van der Waals surface area contributed by atoms with Gasteiger partial charge in [-0.15, -0.1) is 0 Å². The minimum absolute atomic E-state index is 0.263. The van der Waals surface area contributed by atoms with Crippen LogP contribution in [0.1, 0.15) is 32.5 Å². The van der Waals surface area contributed by atoms with Gasteiger partial charge in [-0.05, 0) is 40.0 Å². The van der Waals surface area contributed by atoms with Gasteiger partial charge < -0.3 is 19.7 Å². The smallest absolute Gasteiger partial charge is 0.0641 e. The summed E-state index contributed by atoms with van der Waals surface area (Å²) >= 11 is 0. The van der Waals surface area contributed by atoms with Gasteiger partial charge in [0.1, 0.15) is 0 Å². The fraction of sp³-hybridized carbons (Fsp3) is 0.688. The number of hydrogen-bond acceptors (Lipinski definition) is 5. The fourth-order valence-corrected chi connectivity index (χ4v) is 2.00. The summed E-state index contributed by atoms with van der Waals surface area (Å²) in [6.07, 6.45) is 1.93. The fourth-order valence-electron chi connectivity index (χ4n) is 2.00. The van der Waals surface area contributed by atoms with Crippen molar-refractivity contribution in [1.82, 2.24) is 10.3 Å². The van der Waals surface area contributed by atoms with Crippen LogP contribution in [0.2, 0.25) is 0 Å². The normalized spacial score (nSPS) is 12.4. The Morgan fingerprint density at radius 3 is 2.19 bits per heavy atom. The Labute approximate surface area is 128 Å². The molecule has 21 heavy (non-hydrogen) atoms. The summed E-state index contributed by atoms with van der Waals surface area (Å²) in [7, 11) is 1.94. The minimum atomic E-state index is 0.263. The molecule has 0 saturated heterocycles. The summed E-state index contributed by atoms with van der Waals surface area (Å²) in [6, 6.07) is 4.46. The van der Waals surface area contributed by atoms with Crippen LogP contribution in [-0.2, 0) is 9.47 Å². The molecule has 0 aromatic carbocycles. The van der Waals surface area contributed by atoms with Crippen molar-refractivity contribution in [3.8, 4) is 0 Å². The predicted octanol–water partition coefficient (Wildman–Crippen LogP) is 2.24. The maximum Gasteiger partial charge on any atom is 0.0641 e. The van der Waals surface area contributed by atoms with Crippen molar-refractivity contribution < 1.29 is 9.47 Å². The molecule has 1 rings (SSSR count). The van der Waals surface area contributed by atoms with Crippen LogP contribution in [0, 0.1) is 0 Å². The summed E-state index contributed by atoms with van der Waals surface area (Å²) in [5, 5.41) is 3.20. The molecule has 1 aromatic heterocycles. The Kier molecular flexibility index (Phi) is 8.98. The van der Waals surface area contributed by atoms with Gasteiger partial charge >= 0.3 is 0 Å². The van der Waals surface area contributed by atoms with E-state index in [1.54, 1.807) is 0 Å². The van der Waals surface area contributed by atoms with Gasteiger partial charge in [-0.1, -0.05) is 0 Å². The van der Waals surface area contributed by atoms with E-state index in [0.29, 0.717) is 0 Å². The molecule has 0 amide bonds. The van der Waals surface area contributed by atoms with Crippen molar-refractivity contribution in [1.29, 1.82) is 0 Å². The van der Waals surface area contributed by atoms with E-state index in [-0.39, 0.29) is 6.04 Å². The van der Waals surface area contributed by atoms with Crippen molar-refractivity contribution in [2.75, 3.05) is 51.5 Å². The molecule has 1 unspecified atom stereocenters. The number of hydrogen-bond donors (Lipinski definition) is 1. The quantitative estimate of drug-likeness (QED) is 0.634. The van der Waals surface area contributed by atoms with Gasteiger partial charge in [0, 0.05) is 32.3 Å². The van der Waals surface area contributed by atoms with Crippen LogP contribution < -0.4 is 10.2 Å². The van der Waals surface area contributed by atoms with E-state index in [2.05, 4.69) is 34.3 Å². The maximum atomic E-state index is 5.46. The van der Waals surface area contributed by atoms with E-state index < -0.39 is 0 Å². The molecular formula is C16H29N3O2. The standard InChI is InChI=1S/C16H29N3O2/c1-5-20-11-9-19(10-12-21-6-2)15-7-8-16(18-13-15)14(3)17-4/h7-8,13-14,17H,5-6,9-12H2,1-4H3. The third-order valence-electron chi connectivity index (χ3n) is 3.43. The molecule has 0 spiro atoms. The highest BCUT2D eigenvalue weighted by molar-refractivity contribution is 5.44. The van der Waals surface area contributed by atoms with Crippen LogP contribution in [0.4, 0.5) is 5.69 Å². The molecule has 1 atom stereocenters. The van der Waals surface area contributed by atoms with Crippen LogP contribution in [0.15, 0.2) is 18.3 Å². The Bertz CT molecular complexity index is 360. The third kappa shape index (κ3) is 6.42. The third-order valence-corrected chi connectivity index (χ3v) is 3.43. The molecule has 0 bridgehead atoms. The molecule has 0 radical (unpaired) electrons. The minimum Gasteiger partial charge on any atom is -0.380 e. The lowest BCUT2D eigenvalue weighted by atomic mass is 10.2. The zero-order chi connectivity index (χ0) is 15.5. The lowest BCUT2D eigenvalue weighted by Gasteiger charge is -2.24. The van der Waals surface area contributed by atoms with Crippen LogP contribution in [0.25, 0.3) is 0 Å². The summed E-state index contributed by atoms with van der Waals surface area (Å²) in [5.41, 5.74) is 2.16. The zero-order valence-corrected chi connectivity index (χ0v) is 13.8. The number of nitrogens with one attached hydrogen (secondary N) is 1. The van der Waals surface area contributed by atoms with E-state index in [1.807, 2.05) is 27.1 Å². The van der Waals surface area contributed by atoms with Crippen LogP contribution in [0.3, 0.4) is 0 Å². The molecule has 0 aliphatic rings. The summed E-state index contributed by atoms with van der Waals surface area (Å²) in [4.78, 5) is 6.80. The summed E-state index contributed by atoms with van der Waals surface area (Å²) < 4.78 is 10.9. The largest absolute Gasteiger partial charge is 0.380 e. The number of anilines is 1. The van der Waals surface area contributed by atoms with Gasteiger partial charge in [0.2, 0.25) is 0 Å². The second-order valence-electron chi connectivity index (χ2n) is 4.83. The highest BCUT2D eigenvalue weighted by Gasteiger charge is 2.09. The Balaban J connectivity index is 2.66. The number of pyridine rings is 1. The molecule has 0 saturated carbocycles. The monoisotopic (exact) mass is 295 g/mol. The maximum absolute atomic E-state index is 5.46. The van der Waals surface area contributed by atoms with Gasteiger partial charge in [-0.2, -0.15) is 0 Å². The lowest BCUT2D eigenvalue weighted by Crippen LogP contribution is -2.31. The molecule has 120 valence electrons. The molecule has 1 aromatic rings. The first-order valence-electron chi connectivity index (χ1n) is 7.76. The molecule has 1 N–H and O–H groups in total. The van der Waals surface area contributed by atoms with Crippen molar-refractivity contribution in [3.05, 3.63) is 24.0 Å². The molecule has 5 nitrogen and oxygen atoms in total. The van der Waals surface area contributed by atoms with Crippen molar-refractivity contribution in [2.24, 2.45) is 0 Å². The van der Waals surface area contributed by atoms with Gasteiger partial charge in [0.05, 0.1) is 30.8 Å². The molecule has 0 fully saturated rings. The molecule has 1 heterocycles. The van der Waals surface area contributed by atoms with Gasteiger partial charge in [-0.25, -0.2) is 0 Å². The summed E-state index contributed by atoms with van der Waals surface area (Å²) in [6.45, 7) is 10.8. The SMILES string of the molecule is CCOCCN(CCOCC)c1ccc(C(C)NC)nc1. The lowest BCUT2D eigenvalue weighted by molar-refractivity contribution is 0.141. The van der Waals surface area contributed by atoms with E-state index in [1.165, 1.54) is 0 Å². The second kappa shape index (κ2) is 10.5. The molecular weight excluding hydrogens is 266 g/mol. The topological polar surface area (TPSA) is 46.6 Å². The second-order valence-corrected chi connectivity index (χ2v) is 4.83. The molecule has 5 heteroatoms. The first kappa shape index (κ1) is 17.9. The first-order chi connectivity index (χ1) is 10.2. The number of aromatic nitrogens is 1. The van der Waals surface area contributed by atoms with E-state index >= 15 is 0 Å². The zero-order valence-electron chi connectivity index (χ0n) is 13.8. The van der Waals surface area contributed by atoms with Crippen molar-refractivity contribution in [2.45, 2.75) is 26.8 Å². The van der Waals surface area contributed by atoms with Crippen molar-refractivity contribution >= 4 is 5.69 Å². The Morgan fingerprint density at radius 1 is 1.14 bits per heavy atom. The first-order valence-corrected chi connectivity index (χ1v) is 7.76. The Morgan fingerprint density at radius 2 is 1.76 bits per heavy atom. The van der Waals surface area contributed by atoms with Gasteiger partial charge in [0.15, 0.2) is 0 Å². The number of nitrogens with zero attached hydrogens (tertiary/aromatic N) is 2. The molecule has 0 aliphatic heterocycles. The van der Waals surface area contributed by atoms with E-state index in [4.69, 9.17) is 9.47 Å². The highest BCUT2D eigenvalue weighted by Crippen LogP contribution is 2.16. The van der Waals surface area contributed by atoms with Crippen LogP contribution in [-0.4, -0.2) is 51.5 Å². The van der Waals surface area contributed by atoms with Crippen LogP contribution in [0.5, 0.6) is 0 Å². The molecule has 0 aliphatic carbocycles. The summed E-state index contributed by atoms with van der Waals surface area (Å²) in [5.74, 6) is 0. The van der Waals surface area contributed by atoms with Crippen LogP contribution >= 0.6 is 0 Å². The van der Waals surface area contributed by atoms with E-state index in [9.17, 15) is 0 Å². The average molecular weight is 295 g/mol. The van der Waals surface area contributed by atoms with E-state index in [0.717, 1.165) is 50.9 Å². The number of rotatable bonds is 11. The average Bonchev–Trinajstić information content (AvgIpc) is 2.53. The highest BCUT2D eigenvalue weighted by atomic mass is 16.5. The predicted molar refractivity (Wildman–Crippen MR) is 86.9 cm³/mol.